The zero-order valence-electron chi connectivity index (χ0n) is 12.4. The highest BCUT2D eigenvalue weighted by Gasteiger charge is 2.13. The van der Waals surface area contributed by atoms with Gasteiger partial charge in [-0.3, -0.25) is 0 Å². The van der Waals surface area contributed by atoms with E-state index in [0.29, 0.717) is 17.3 Å². The third-order valence-electron chi connectivity index (χ3n) is 3.26. The molecule has 1 aromatic heterocycles. The first-order valence-corrected chi connectivity index (χ1v) is 7.16. The van der Waals surface area contributed by atoms with Gasteiger partial charge in [0.2, 0.25) is 0 Å². The zero-order valence-corrected chi connectivity index (χ0v) is 13.1. The van der Waals surface area contributed by atoms with Crippen LogP contribution in [0, 0.1) is 18.3 Å². The maximum Gasteiger partial charge on any atom is 0.137 e. The van der Waals surface area contributed by atoms with Crippen molar-refractivity contribution < 1.29 is 0 Å². The van der Waals surface area contributed by atoms with E-state index in [1.807, 2.05) is 44.0 Å². The topological polar surface area (TPSA) is 52.8 Å². The second-order valence-corrected chi connectivity index (χ2v) is 5.26. The smallest absolute Gasteiger partial charge is 0.137 e. The molecule has 0 atom stereocenters. The molecule has 1 aromatic carbocycles. The second-order valence-electron chi connectivity index (χ2n) is 4.90. The molecule has 0 amide bonds. The van der Waals surface area contributed by atoms with E-state index in [1.165, 1.54) is 0 Å². The minimum absolute atomic E-state index is 0.495. The first kappa shape index (κ1) is 15.3. The maximum atomic E-state index is 8.96. The quantitative estimate of drug-likeness (QED) is 0.811. The minimum Gasteiger partial charge on any atom is -0.355 e. The van der Waals surface area contributed by atoms with Crippen molar-refractivity contribution in [3.05, 3.63) is 51.9 Å². The molecule has 2 aromatic rings. The molecule has 0 bridgehead atoms. The third kappa shape index (κ3) is 3.50. The molecule has 0 N–H and O–H groups in total. The van der Waals surface area contributed by atoms with Gasteiger partial charge in [0.15, 0.2) is 0 Å². The number of hydrogen-bond donors (Lipinski definition) is 0. The molecule has 0 fully saturated rings. The average molecular weight is 301 g/mol. The Morgan fingerprint density at radius 3 is 2.76 bits per heavy atom. The number of anilines is 1. The van der Waals surface area contributed by atoms with Gasteiger partial charge in [0.1, 0.15) is 16.8 Å². The molecule has 0 aliphatic rings. The van der Waals surface area contributed by atoms with Gasteiger partial charge in [0, 0.05) is 25.6 Å². The van der Waals surface area contributed by atoms with Crippen LogP contribution < -0.4 is 4.90 Å². The number of aromatic nitrogens is 2. The summed E-state index contributed by atoms with van der Waals surface area (Å²) in [5.74, 6) is 1.56. The number of aryl methyl sites for hydroxylation is 1. The monoisotopic (exact) mass is 300 g/mol. The SMILES string of the molecule is CCc1nc(Cl)c(C)c(N(C)Cc2cccc(C#N)c2)n1. The lowest BCUT2D eigenvalue weighted by molar-refractivity contribution is 0.849. The Balaban J connectivity index is 2.30. The van der Waals surface area contributed by atoms with Crippen molar-refractivity contribution >= 4 is 17.4 Å². The van der Waals surface area contributed by atoms with Crippen LogP contribution in [0.4, 0.5) is 5.82 Å². The Kier molecular flexibility index (Phi) is 4.77. The molecule has 4 nitrogen and oxygen atoms in total. The van der Waals surface area contributed by atoms with Crippen LogP contribution >= 0.6 is 11.6 Å². The number of halogens is 1. The Bertz CT molecular complexity index is 691. The van der Waals surface area contributed by atoms with Crippen LogP contribution in [0.1, 0.15) is 29.4 Å². The number of nitrogens with zero attached hydrogens (tertiary/aromatic N) is 4. The summed E-state index contributed by atoms with van der Waals surface area (Å²) >= 11 is 6.17. The van der Waals surface area contributed by atoms with E-state index >= 15 is 0 Å². The van der Waals surface area contributed by atoms with Gasteiger partial charge in [0.25, 0.3) is 0 Å². The fourth-order valence-corrected chi connectivity index (χ4v) is 2.32. The van der Waals surface area contributed by atoms with Gasteiger partial charge in [-0.2, -0.15) is 5.26 Å². The van der Waals surface area contributed by atoms with Gasteiger partial charge in [-0.05, 0) is 24.6 Å². The van der Waals surface area contributed by atoms with Crippen LogP contribution in [-0.4, -0.2) is 17.0 Å². The van der Waals surface area contributed by atoms with E-state index in [1.54, 1.807) is 6.07 Å². The summed E-state index contributed by atoms with van der Waals surface area (Å²) in [7, 11) is 1.96. The van der Waals surface area contributed by atoms with E-state index in [0.717, 1.165) is 29.2 Å². The molecule has 21 heavy (non-hydrogen) atoms. The minimum atomic E-state index is 0.495. The maximum absolute atomic E-state index is 8.96. The second kappa shape index (κ2) is 6.55. The van der Waals surface area contributed by atoms with E-state index < -0.39 is 0 Å². The van der Waals surface area contributed by atoms with Crippen molar-refractivity contribution in [2.75, 3.05) is 11.9 Å². The summed E-state index contributed by atoms with van der Waals surface area (Å²) in [4.78, 5) is 10.8. The largest absolute Gasteiger partial charge is 0.355 e. The first-order chi connectivity index (χ1) is 10.0. The number of benzene rings is 1. The van der Waals surface area contributed by atoms with Crippen molar-refractivity contribution in [2.24, 2.45) is 0 Å². The summed E-state index contributed by atoms with van der Waals surface area (Å²) in [6.45, 7) is 4.58. The molecule has 0 radical (unpaired) electrons. The summed E-state index contributed by atoms with van der Waals surface area (Å²) in [5, 5.41) is 9.46. The molecule has 0 aliphatic carbocycles. The normalized spacial score (nSPS) is 10.2. The molecular formula is C16H17ClN4. The van der Waals surface area contributed by atoms with E-state index in [2.05, 4.69) is 16.0 Å². The molecule has 0 saturated carbocycles. The lowest BCUT2D eigenvalue weighted by Gasteiger charge is -2.21. The highest BCUT2D eigenvalue weighted by atomic mass is 35.5. The van der Waals surface area contributed by atoms with Gasteiger partial charge in [-0.15, -0.1) is 0 Å². The lowest BCUT2D eigenvalue weighted by Crippen LogP contribution is -2.20. The highest BCUT2D eigenvalue weighted by Crippen LogP contribution is 2.24. The zero-order chi connectivity index (χ0) is 15.4. The Hall–Kier alpha value is -2.12. The molecule has 0 unspecified atom stereocenters. The predicted molar refractivity (Wildman–Crippen MR) is 84.4 cm³/mol. The number of hydrogen-bond acceptors (Lipinski definition) is 4. The molecule has 1 heterocycles. The van der Waals surface area contributed by atoms with Crippen molar-refractivity contribution in [3.63, 3.8) is 0 Å². The molecule has 0 spiro atoms. The van der Waals surface area contributed by atoms with Crippen molar-refractivity contribution in [1.82, 2.24) is 9.97 Å². The van der Waals surface area contributed by atoms with Gasteiger partial charge < -0.3 is 4.90 Å². The van der Waals surface area contributed by atoms with E-state index in [9.17, 15) is 0 Å². The highest BCUT2D eigenvalue weighted by molar-refractivity contribution is 6.30. The molecule has 108 valence electrons. The fourth-order valence-electron chi connectivity index (χ4n) is 2.14. The predicted octanol–water partition coefficient (Wildman–Crippen LogP) is 3.51. The standard InChI is InChI=1S/C16H17ClN4/c1-4-14-19-15(17)11(2)16(20-14)21(3)10-13-7-5-6-12(8-13)9-18/h5-8H,4,10H2,1-3H3. The van der Waals surface area contributed by atoms with E-state index in [-0.39, 0.29) is 0 Å². The number of nitriles is 1. The summed E-state index contributed by atoms with van der Waals surface area (Å²) in [5.41, 5.74) is 2.59. The summed E-state index contributed by atoms with van der Waals surface area (Å²) in [6, 6.07) is 9.72. The average Bonchev–Trinajstić information content (AvgIpc) is 2.49. The van der Waals surface area contributed by atoms with Gasteiger partial charge >= 0.3 is 0 Å². The summed E-state index contributed by atoms with van der Waals surface area (Å²) in [6.07, 6.45) is 0.741. The van der Waals surface area contributed by atoms with Crippen molar-refractivity contribution in [1.29, 1.82) is 5.26 Å². The van der Waals surface area contributed by atoms with Crippen LogP contribution in [-0.2, 0) is 13.0 Å². The molecule has 0 saturated heterocycles. The Morgan fingerprint density at radius 1 is 1.33 bits per heavy atom. The Morgan fingerprint density at radius 2 is 2.10 bits per heavy atom. The van der Waals surface area contributed by atoms with Gasteiger partial charge in [-0.1, -0.05) is 30.7 Å². The third-order valence-corrected chi connectivity index (χ3v) is 3.63. The van der Waals surface area contributed by atoms with Crippen LogP contribution in [0.15, 0.2) is 24.3 Å². The summed E-state index contributed by atoms with van der Waals surface area (Å²) < 4.78 is 0. The van der Waals surface area contributed by atoms with E-state index in [4.69, 9.17) is 16.9 Å². The van der Waals surface area contributed by atoms with Crippen LogP contribution in [0.5, 0.6) is 0 Å². The van der Waals surface area contributed by atoms with Crippen molar-refractivity contribution in [3.8, 4) is 6.07 Å². The molecule has 2 rings (SSSR count). The Labute approximate surface area is 130 Å². The molecule has 0 aliphatic heterocycles. The van der Waals surface area contributed by atoms with Crippen LogP contribution in [0.2, 0.25) is 5.15 Å². The molecule has 5 heteroatoms. The van der Waals surface area contributed by atoms with Crippen LogP contribution in [0.25, 0.3) is 0 Å². The lowest BCUT2D eigenvalue weighted by atomic mass is 10.1. The van der Waals surface area contributed by atoms with Gasteiger partial charge in [-0.25, -0.2) is 9.97 Å². The first-order valence-electron chi connectivity index (χ1n) is 6.78. The van der Waals surface area contributed by atoms with Gasteiger partial charge in [0.05, 0.1) is 11.6 Å². The molecular weight excluding hydrogens is 284 g/mol. The number of rotatable bonds is 4. The fraction of sp³-hybridized carbons (Fsp3) is 0.312. The van der Waals surface area contributed by atoms with Crippen molar-refractivity contribution in [2.45, 2.75) is 26.8 Å². The van der Waals surface area contributed by atoms with Crippen LogP contribution in [0.3, 0.4) is 0 Å².